The number of aliphatic hydroxyl groups is 1. The molecule has 132 valence electrons. The maximum atomic E-state index is 13.1. The van der Waals surface area contributed by atoms with E-state index < -0.39 is 32.8 Å². The van der Waals surface area contributed by atoms with Crippen LogP contribution in [0, 0.1) is 0 Å². The highest BCUT2D eigenvalue weighted by atomic mass is 32.2. The predicted molar refractivity (Wildman–Crippen MR) is 79.5 cm³/mol. The fourth-order valence-electron chi connectivity index (χ4n) is 2.03. The minimum Gasteiger partial charge on any atom is -0.386 e. The molecule has 7 nitrogen and oxygen atoms in total. The number of primary sulfonamides is 1. The second-order valence-electron chi connectivity index (χ2n) is 5.09. The number of aryl methyl sites for hydroxylation is 1. The number of sulfonamides is 1. The van der Waals surface area contributed by atoms with Crippen LogP contribution in [0.15, 0.2) is 35.5 Å². The molecule has 0 saturated carbocycles. The van der Waals surface area contributed by atoms with Gasteiger partial charge in [-0.15, -0.1) is 0 Å². The maximum absolute atomic E-state index is 13.1. The first kappa shape index (κ1) is 18.2. The van der Waals surface area contributed by atoms with Crippen molar-refractivity contribution in [1.82, 2.24) is 9.78 Å². The van der Waals surface area contributed by atoms with Gasteiger partial charge in [-0.3, -0.25) is 4.68 Å². The smallest absolute Gasteiger partial charge is 0.386 e. The number of aliphatic hydroxyl groups excluding tert-OH is 1. The van der Waals surface area contributed by atoms with Crippen molar-refractivity contribution < 1.29 is 26.7 Å². The Morgan fingerprint density at radius 1 is 1.42 bits per heavy atom. The number of anilines is 1. The van der Waals surface area contributed by atoms with E-state index in [0.29, 0.717) is 11.6 Å². The second-order valence-corrected chi connectivity index (χ2v) is 6.66. The molecule has 2 rings (SSSR count). The van der Waals surface area contributed by atoms with Crippen molar-refractivity contribution in [1.29, 1.82) is 0 Å². The average Bonchev–Trinajstić information content (AvgIpc) is 2.89. The highest BCUT2D eigenvalue weighted by Crippen LogP contribution is 2.36. The number of alkyl halides is 3. The van der Waals surface area contributed by atoms with Gasteiger partial charge in [0.25, 0.3) is 0 Å². The Morgan fingerprint density at radius 3 is 2.58 bits per heavy atom. The van der Waals surface area contributed by atoms with Crippen molar-refractivity contribution in [3.05, 3.63) is 41.7 Å². The summed E-state index contributed by atoms with van der Waals surface area (Å²) < 4.78 is 63.2. The number of rotatable bonds is 5. The Bertz CT molecular complexity index is 833. The van der Waals surface area contributed by atoms with Crippen LogP contribution in [-0.2, 0) is 23.2 Å². The summed E-state index contributed by atoms with van der Waals surface area (Å²) in [6.07, 6.45) is -2.96. The third kappa shape index (κ3) is 4.24. The largest absolute Gasteiger partial charge is 0.418 e. The third-order valence-electron chi connectivity index (χ3n) is 3.22. The lowest BCUT2D eigenvalue weighted by Gasteiger charge is -2.17. The first-order valence-corrected chi connectivity index (χ1v) is 8.17. The fourth-order valence-corrected chi connectivity index (χ4v) is 2.57. The molecule has 1 atom stereocenters. The molecular formula is C13H15F3N4O3S. The monoisotopic (exact) mass is 364 g/mol. The van der Waals surface area contributed by atoms with Crippen molar-refractivity contribution in [3.63, 3.8) is 0 Å². The molecule has 0 saturated heterocycles. The molecule has 0 aliphatic heterocycles. The van der Waals surface area contributed by atoms with Gasteiger partial charge in [-0.1, -0.05) is 0 Å². The highest BCUT2D eigenvalue weighted by molar-refractivity contribution is 7.89. The van der Waals surface area contributed by atoms with Gasteiger partial charge in [0.05, 0.1) is 22.8 Å². The van der Waals surface area contributed by atoms with Crippen LogP contribution >= 0.6 is 0 Å². The molecule has 0 spiro atoms. The van der Waals surface area contributed by atoms with E-state index in [1.807, 2.05) is 0 Å². The zero-order valence-corrected chi connectivity index (χ0v) is 13.3. The van der Waals surface area contributed by atoms with Crippen molar-refractivity contribution in [3.8, 4) is 0 Å². The van der Waals surface area contributed by atoms with Gasteiger partial charge in [-0.25, -0.2) is 13.6 Å². The van der Waals surface area contributed by atoms with Gasteiger partial charge >= 0.3 is 6.18 Å². The minimum absolute atomic E-state index is 0.219. The summed E-state index contributed by atoms with van der Waals surface area (Å²) in [5.41, 5.74) is -1.12. The van der Waals surface area contributed by atoms with Crippen LogP contribution in [0.3, 0.4) is 0 Å². The number of hydrogen-bond donors (Lipinski definition) is 3. The first-order valence-electron chi connectivity index (χ1n) is 6.63. The number of aromatic nitrogens is 2. The minimum atomic E-state index is -4.79. The number of nitrogens with two attached hydrogens (primary N) is 1. The number of nitrogens with one attached hydrogen (secondary N) is 1. The molecular weight excluding hydrogens is 349 g/mol. The quantitative estimate of drug-likeness (QED) is 0.739. The van der Waals surface area contributed by atoms with E-state index in [1.54, 1.807) is 7.05 Å². The zero-order valence-electron chi connectivity index (χ0n) is 12.4. The normalized spacial score (nSPS) is 13.8. The van der Waals surface area contributed by atoms with E-state index in [9.17, 15) is 26.7 Å². The average molecular weight is 364 g/mol. The molecule has 0 fully saturated rings. The highest BCUT2D eigenvalue weighted by Gasteiger charge is 2.34. The van der Waals surface area contributed by atoms with Gasteiger partial charge in [0.1, 0.15) is 0 Å². The van der Waals surface area contributed by atoms with Crippen LogP contribution in [0.5, 0.6) is 0 Å². The molecule has 1 unspecified atom stereocenters. The standard InChI is InChI=1S/C13H15F3N4O3S/c1-20-7-8(5-19-20)12(21)6-18-11-3-2-9(24(17,22)23)4-10(11)13(14,15)16/h2-5,7,12,18,21H,6H2,1H3,(H2,17,22,23). The van der Waals surface area contributed by atoms with Crippen LogP contribution in [0.1, 0.15) is 17.2 Å². The van der Waals surface area contributed by atoms with E-state index in [-0.39, 0.29) is 12.2 Å². The summed E-state index contributed by atoms with van der Waals surface area (Å²) in [5.74, 6) is 0. The third-order valence-corrected chi connectivity index (χ3v) is 4.13. The molecule has 0 amide bonds. The summed E-state index contributed by atoms with van der Waals surface area (Å²) in [5, 5.41) is 21.1. The molecule has 1 aromatic heterocycles. The van der Waals surface area contributed by atoms with Crippen molar-refractivity contribution in [2.45, 2.75) is 17.2 Å². The second kappa shape index (κ2) is 6.42. The molecule has 24 heavy (non-hydrogen) atoms. The van der Waals surface area contributed by atoms with Crippen LogP contribution in [0.2, 0.25) is 0 Å². The molecule has 0 bridgehead atoms. The lowest BCUT2D eigenvalue weighted by molar-refractivity contribution is -0.137. The molecule has 0 aliphatic rings. The Balaban J connectivity index is 2.26. The van der Waals surface area contributed by atoms with Gasteiger partial charge in [0.15, 0.2) is 0 Å². The summed E-state index contributed by atoms with van der Waals surface area (Å²) in [7, 11) is -2.63. The van der Waals surface area contributed by atoms with Crippen LogP contribution in [-0.4, -0.2) is 29.8 Å². The van der Waals surface area contributed by atoms with E-state index in [1.165, 1.54) is 17.1 Å². The Labute approximate surface area is 135 Å². The summed E-state index contributed by atoms with van der Waals surface area (Å²) in [4.78, 5) is -0.645. The number of hydrogen-bond acceptors (Lipinski definition) is 5. The van der Waals surface area contributed by atoms with Crippen molar-refractivity contribution >= 4 is 15.7 Å². The molecule has 11 heteroatoms. The van der Waals surface area contributed by atoms with Gasteiger partial charge in [-0.05, 0) is 18.2 Å². The lowest BCUT2D eigenvalue weighted by atomic mass is 10.1. The molecule has 2 aromatic rings. The summed E-state index contributed by atoms with van der Waals surface area (Å²) >= 11 is 0. The van der Waals surface area contributed by atoms with Gasteiger partial charge in [0, 0.05) is 31.0 Å². The predicted octanol–water partition coefficient (Wildman–Crippen LogP) is 1.23. The molecule has 0 radical (unpaired) electrons. The lowest BCUT2D eigenvalue weighted by Crippen LogP contribution is -2.18. The molecule has 1 heterocycles. The maximum Gasteiger partial charge on any atom is 0.418 e. The van der Waals surface area contributed by atoms with E-state index in [4.69, 9.17) is 5.14 Å². The number of halogens is 3. The Hall–Kier alpha value is -2.11. The van der Waals surface area contributed by atoms with Crippen molar-refractivity contribution in [2.24, 2.45) is 12.2 Å². The van der Waals surface area contributed by atoms with Crippen LogP contribution < -0.4 is 10.5 Å². The van der Waals surface area contributed by atoms with E-state index >= 15 is 0 Å². The topological polar surface area (TPSA) is 110 Å². The summed E-state index contributed by atoms with van der Waals surface area (Å²) in [6.45, 7) is -0.219. The fraction of sp³-hybridized carbons (Fsp3) is 0.308. The van der Waals surface area contributed by atoms with Crippen molar-refractivity contribution in [2.75, 3.05) is 11.9 Å². The number of benzene rings is 1. The molecule has 4 N–H and O–H groups in total. The van der Waals surface area contributed by atoms with Crippen LogP contribution in [0.25, 0.3) is 0 Å². The van der Waals surface area contributed by atoms with Gasteiger partial charge in [-0.2, -0.15) is 18.3 Å². The summed E-state index contributed by atoms with van der Waals surface area (Å²) in [6, 6.07) is 2.37. The number of nitrogens with zero attached hydrogens (tertiary/aromatic N) is 2. The first-order chi connectivity index (χ1) is 11.0. The van der Waals surface area contributed by atoms with E-state index in [0.717, 1.165) is 12.1 Å². The SMILES string of the molecule is Cn1cc(C(O)CNc2ccc(S(N)(=O)=O)cc2C(F)(F)F)cn1. The Kier molecular flexibility index (Phi) is 4.87. The molecule has 0 aliphatic carbocycles. The Morgan fingerprint density at radius 2 is 2.08 bits per heavy atom. The molecule has 1 aromatic carbocycles. The van der Waals surface area contributed by atoms with E-state index in [2.05, 4.69) is 10.4 Å². The van der Waals surface area contributed by atoms with Gasteiger partial charge < -0.3 is 10.4 Å². The van der Waals surface area contributed by atoms with Gasteiger partial charge in [0.2, 0.25) is 10.0 Å². The zero-order chi connectivity index (χ0) is 18.1. The van der Waals surface area contributed by atoms with Crippen LogP contribution in [0.4, 0.5) is 18.9 Å².